The molecule has 0 bridgehead atoms. The monoisotopic (exact) mass is 217 g/mol. The molecular weight excluding hydrogens is 198 g/mol. The maximum Gasteiger partial charge on any atom is 0.110 e. The molecule has 4 heteroatoms. The Morgan fingerprint density at radius 1 is 1.71 bits per heavy atom. The molecule has 3 atom stereocenters. The number of rotatable bonds is 5. The second-order valence-electron chi connectivity index (χ2n) is 3.76. The molecule has 14 heavy (non-hydrogen) atoms. The van der Waals surface area contributed by atoms with Gasteiger partial charge in [-0.3, -0.25) is 4.21 Å². The number of allylic oxidation sites excluding steroid dienone is 1. The van der Waals surface area contributed by atoms with E-state index in [2.05, 4.69) is 12.2 Å². The van der Waals surface area contributed by atoms with Gasteiger partial charge in [0.15, 0.2) is 0 Å². The van der Waals surface area contributed by atoms with Crippen LogP contribution in [0.5, 0.6) is 0 Å². The van der Waals surface area contributed by atoms with Crippen molar-refractivity contribution in [2.24, 2.45) is 0 Å². The Kier molecular flexibility index (Phi) is 5.19. The number of ether oxygens (including phenoxy) is 1. The third-order valence-electron chi connectivity index (χ3n) is 2.20. The molecule has 1 N–H and O–H groups in total. The largest absolute Gasteiger partial charge is 0.497 e. The van der Waals surface area contributed by atoms with Gasteiger partial charge in [-0.05, 0) is 25.8 Å². The summed E-state index contributed by atoms with van der Waals surface area (Å²) in [5.41, 5.74) is 0. The molecule has 1 heterocycles. The first-order valence-electron chi connectivity index (χ1n) is 5.02. The highest BCUT2D eigenvalue weighted by atomic mass is 32.2. The Balaban J connectivity index is 2.13. The van der Waals surface area contributed by atoms with Crippen molar-refractivity contribution in [3.05, 3.63) is 12.3 Å². The average molecular weight is 217 g/mol. The van der Waals surface area contributed by atoms with E-state index in [1.54, 1.807) is 12.5 Å². The zero-order valence-electron chi connectivity index (χ0n) is 8.86. The van der Waals surface area contributed by atoms with Crippen molar-refractivity contribution in [3.8, 4) is 0 Å². The van der Waals surface area contributed by atoms with Crippen molar-refractivity contribution in [1.29, 1.82) is 0 Å². The van der Waals surface area contributed by atoms with Crippen molar-refractivity contribution in [2.45, 2.75) is 31.9 Å². The maximum absolute atomic E-state index is 10.9. The van der Waals surface area contributed by atoms with Gasteiger partial charge in [0, 0.05) is 35.4 Å². The Morgan fingerprint density at radius 3 is 3.07 bits per heavy atom. The van der Waals surface area contributed by atoms with Gasteiger partial charge in [-0.15, -0.1) is 0 Å². The van der Waals surface area contributed by atoms with Crippen molar-refractivity contribution >= 4 is 10.8 Å². The van der Waals surface area contributed by atoms with E-state index < -0.39 is 10.8 Å². The Hall–Kier alpha value is -0.350. The highest BCUT2D eigenvalue weighted by Crippen LogP contribution is 2.09. The first kappa shape index (κ1) is 11.7. The molecule has 0 aliphatic carbocycles. The van der Waals surface area contributed by atoms with Gasteiger partial charge in [0.1, 0.15) is 6.10 Å². The quantitative estimate of drug-likeness (QED) is 0.747. The van der Waals surface area contributed by atoms with E-state index in [9.17, 15) is 4.21 Å². The fourth-order valence-electron chi connectivity index (χ4n) is 1.48. The van der Waals surface area contributed by atoms with Crippen LogP contribution in [0.3, 0.4) is 0 Å². The molecule has 3 unspecified atom stereocenters. The number of nitrogens with one attached hydrogen (secondary N) is 1. The van der Waals surface area contributed by atoms with Crippen molar-refractivity contribution in [2.75, 3.05) is 18.6 Å². The van der Waals surface area contributed by atoms with Crippen LogP contribution in [0.4, 0.5) is 0 Å². The average Bonchev–Trinajstić information content (AvgIpc) is 2.15. The van der Waals surface area contributed by atoms with Crippen LogP contribution in [0.2, 0.25) is 0 Å². The van der Waals surface area contributed by atoms with Gasteiger partial charge in [0.2, 0.25) is 0 Å². The smallest absolute Gasteiger partial charge is 0.110 e. The normalized spacial score (nSPS) is 25.4. The molecule has 0 spiro atoms. The molecule has 0 aromatic heterocycles. The molecule has 3 nitrogen and oxygen atoms in total. The summed E-state index contributed by atoms with van der Waals surface area (Å²) >= 11 is 0. The molecule has 1 rings (SSSR count). The molecule has 0 aromatic carbocycles. The first-order chi connectivity index (χ1) is 6.68. The zero-order chi connectivity index (χ0) is 10.4. The van der Waals surface area contributed by atoms with E-state index in [-0.39, 0.29) is 6.10 Å². The Bertz CT molecular complexity index is 218. The summed E-state index contributed by atoms with van der Waals surface area (Å²) in [7, 11) is -0.719. The lowest BCUT2D eigenvalue weighted by atomic mass is 10.1. The SMILES string of the molecule is CC(CS(C)=O)NCC1CCC=CO1. The van der Waals surface area contributed by atoms with Crippen LogP contribution in [0.15, 0.2) is 12.3 Å². The van der Waals surface area contributed by atoms with Crippen molar-refractivity contribution in [3.63, 3.8) is 0 Å². The zero-order valence-corrected chi connectivity index (χ0v) is 9.68. The summed E-state index contributed by atoms with van der Waals surface area (Å²) in [6, 6.07) is 0.301. The minimum atomic E-state index is -0.719. The van der Waals surface area contributed by atoms with E-state index >= 15 is 0 Å². The summed E-state index contributed by atoms with van der Waals surface area (Å²) < 4.78 is 16.3. The van der Waals surface area contributed by atoms with E-state index in [1.807, 2.05) is 6.08 Å². The van der Waals surface area contributed by atoms with Gasteiger partial charge in [-0.1, -0.05) is 0 Å². The van der Waals surface area contributed by atoms with Gasteiger partial charge < -0.3 is 10.1 Å². The van der Waals surface area contributed by atoms with Gasteiger partial charge in [-0.25, -0.2) is 0 Å². The van der Waals surface area contributed by atoms with Gasteiger partial charge >= 0.3 is 0 Å². The van der Waals surface area contributed by atoms with Crippen molar-refractivity contribution in [1.82, 2.24) is 5.32 Å². The molecule has 0 aromatic rings. The fourth-order valence-corrected chi connectivity index (χ4v) is 2.30. The molecule has 1 aliphatic heterocycles. The summed E-state index contributed by atoms with van der Waals surface area (Å²) in [6.45, 7) is 2.91. The molecule has 0 radical (unpaired) electrons. The Labute approximate surface area is 88.4 Å². The molecule has 82 valence electrons. The lowest BCUT2D eigenvalue weighted by Crippen LogP contribution is -2.37. The van der Waals surface area contributed by atoms with Crippen LogP contribution in [0.25, 0.3) is 0 Å². The summed E-state index contributed by atoms with van der Waals surface area (Å²) in [6.07, 6.45) is 8.01. The van der Waals surface area contributed by atoms with Crippen LogP contribution in [-0.2, 0) is 15.5 Å². The van der Waals surface area contributed by atoms with E-state index in [0.717, 1.165) is 19.4 Å². The van der Waals surface area contributed by atoms with Crippen LogP contribution in [0, 0.1) is 0 Å². The van der Waals surface area contributed by atoms with Crippen LogP contribution in [0.1, 0.15) is 19.8 Å². The van der Waals surface area contributed by atoms with Crippen LogP contribution >= 0.6 is 0 Å². The van der Waals surface area contributed by atoms with Crippen LogP contribution in [-0.4, -0.2) is 34.9 Å². The highest BCUT2D eigenvalue weighted by molar-refractivity contribution is 7.84. The van der Waals surface area contributed by atoms with Crippen molar-refractivity contribution < 1.29 is 8.95 Å². The fraction of sp³-hybridized carbons (Fsp3) is 0.800. The highest BCUT2D eigenvalue weighted by Gasteiger charge is 2.12. The third-order valence-corrected chi connectivity index (χ3v) is 3.17. The minimum Gasteiger partial charge on any atom is -0.497 e. The summed E-state index contributed by atoms with van der Waals surface area (Å²) in [5.74, 6) is 0.711. The number of hydrogen-bond acceptors (Lipinski definition) is 3. The second-order valence-corrected chi connectivity index (χ2v) is 5.24. The minimum absolute atomic E-state index is 0.285. The lowest BCUT2D eigenvalue weighted by molar-refractivity contribution is 0.120. The summed E-state index contributed by atoms with van der Waals surface area (Å²) in [5, 5.41) is 3.33. The van der Waals surface area contributed by atoms with Gasteiger partial charge in [-0.2, -0.15) is 0 Å². The van der Waals surface area contributed by atoms with E-state index in [1.165, 1.54) is 0 Å². The van der Waals surface area contributed by atoms with Gasteiger partial charge in [0.05, 0.1) is 6.26 Å². The maximum atomic E-state index is 10.9. The van der Waals surface area contributed by atoms with Crippen LogP contribution < -0.4 is 5.32 Å². The molecule has 1 aliphatic rings. The molecule has 0 fully saturated rings. The molecule has 0 amide bonds. The van der Waals surface area contributed by atoms with E-state index in [0.29, 0.717) is 11.8 Å². The lowest BCUT2D eigenvalue weighted by Gasteiger charge is -2.21. The predicted molar refractivity (Wildman–Crippen MR) is 59.6 cm³/mol. The third kappa shape index (κ3) is 4.77. The van der Waals surface area contributed by atoms with Gasteiger partial charge in [0.25, 0.3) is 0 Å². The standard InChI is InChI=1S/C10H19NO2S/c1-9(8-14(2)12)11-7-10-5-3-4-6-13-10/h4,6,9-11H,3,5,7-8H2,1-2H3. The number of hydrogen-bond donors (Lipinski definition) is 1. The second kappa shape index (κ2) is 6.19. The Morgan fingerprint density at radius 2 is 2.50 bits per heavy atom. The topological polar surface area (TPSA) is 38.3 Å². The first-order valence-corrected chi connectivity index (χ1v) is 6.75. The molecular formula is C10H19NO2S. The molecule has 0 saturated heterocycles. The van der Waals surface area contributed by atoms with E-state index in [4.69, 9.17) is 4.74 Å². The predicted octanol–water partition coefficient (Wildman–Crippen LogP) is 1.04. The molecule has 0 saturated carbocycles. The summed E-state index contributed by atoms with van der Waals surface area (Å²) in [4.78, 5) is 0.